The molecule has 6 heteroatoms. The van der Waals surface area contributed by atoms with E-state index < -0.39 is 0 Å². The van der Waals surface area contributed by atoms with Crippen LogP contribution in [0.2, 0.25) is 0 Å². The van der Waals surface area contributed by atoms with Gasteiger partial charge < -0.3 is 9.47 Å². The molecular weight excluding hydrogens is 368 g/mol. The minimum Gasteiger partial charge on any atom is -0.457 e. The zero-order valence-corrected chi connectivity index (χ0v) is 16.1. The smallest absolute Gasteiger partial charge is 0.348 e. The van der Waals surface area contributed by atoms with E-state index in [1.54, 1.807) is 0 Å². The summed E-state index contributed by atoms with van der Waals surface area (Å²) < 4.78 is 10.7. The maximum absolute atomic E-state index is 12.0. The molecule has 0 aliphatic heterocycles. The van der Waals surface area contributed by atoms with Gasteiger partial charge in [-0.2, -0.15) is 0 Å². The van der Waals surface area contributed by atoms with Gasteiger partial charge in [-0.1, -0.05) is 24.3 Å². The molecule has 0 amide bonds. The zero-order chi connectivity index (χ0) is 18.5. The Hall–Kier alpha value is -2.44. The third kappa shape index (κ3) is 4.39. The summed E-state index contributed by atoms with van der Waals surface area (Å²) in [7, 11) is 0. The Morgan fingerprint density at radius 2 is 1.12 bits per heavy atom. The van der Waals surface area contributed by atoms with Crippen LogP contribution in [-0.2, 0) is 22.7 Å². The molecule has 0 radical (unpaired) electrons. The molecule has 1 aromatic carbocycles. The fourth-order valence-corrected chi connectivity index (χ4v) is 3.96. The van der Waals surface area contributed by atoms with Crippen molar-refractivity contribution in [3.63, 3.8) is 0 Å². The lowest BCUT2D eigenvalue weighted by atomic mass is 10.1. The molecule has 2 heterocycles. The van der Waals surface area contributed by atoms with E-state index in [0.717, 1.165) is 22.3 Å². The first-order valence-corrected chi connectivity index (χ1v) is 9.81. The van der Waals surface area contributed by atoms with Crippen LogP contribution in [0.15, 0.2) is 47.2 Å². The largest absolute Gasteiger partial charge is 0.457 e. The molecule has 26 heavy (non-hydrogen) atoms. The summed E-state index contributed by atoms with van der Waals surface area (Å²) in [6.45, 7) is 4.21. The van der Waals surface area contributed by atoms with Gasteiger partial charge in [-0.3, -0.25) is 0 Å². The second kappa shape index (κ2) is 8.29. The van der Waals surface area contributed by atoms with Crippen molar-refractivity contribution in [1.82, 2.24) is 0 Å². The molecule has 3 aromatic rings. The molecule has 0 aliphatic carbocycles. The van der Waals surface area contributed by atoms with Gasteiger partial charge >= 0.3 is 11.9 Å². The highest BCUT2D eigenvalue weighted by Crippen LogP contribution is 2.19. The van der Waals surface area contributed by atoms with Gasteiger partial charge in [-0.25, -0.2) is 9.59 Å². The van der Waals surface area contributed by atoms with Crippen LogP contribution >= 0.6 is 22.7 Å². The number of aryl methyl sites for hydroxylation is 2. The highest BCUT2D eigenvalue weighted by Gasteiger charge is 2.13. The number of thiophene rings is 2. The average Bonchev–Trinajstić information content (AvgIpc) is 3.26. The number of benzene rings is 1. The van der Waals surface area contributed by atoms with Crippen LogP contribution in [0, 0.1) is 13.8 Å². The van der Waals surface area contributed by atoms with E-state index in [4.69, 9.17) is 9.47 Å². The van der Waals surface area contributed by atoms with Crippen molar-refractivity contribution in [3.8, 4) is 0 Å². The van der Waals surface area contributed by atoms with E-state index in [9.17, 15) is 9.59 Å². The molecule has 0 spiro atoms. The van der Waals surface area contributed by atoms with Crippen LogP contribution in [0.25, 0.3) is 0 Å². The van der Waals surface area contributed by atoms with Gasteiger partial charge in [-0.15, -0.1) is 22.7 Å². The molecule has 2 aromatic heterocycles. The van der Waals surface area contributed by atoms with Crippen molar-refractivity contribution in [2.75, 3.05) is 0 Å². The van der Waals surface area contributed by atoms with Gasteiger partial charge in [0.25, 0.3) is 0 Å². The summed E-state index contributed by atoms with van der Waals surface area (Å²) in [5, 5.41) is 3.75. The van der Waals surface area contributed by atoms with Crippen molar-refractivity contribution in [2.24, 2.45) is 0 Å². The van der Waals surface area contributed by atoms with Crippen LogP contribution in [0.3, 0.4) is 0 Å². The standard InChI is InChI=1S/C20H18O4S2/c1-13-7-9-25-17(13)19(21)23-11-15-3-5-16(6-4-15)12-24-20(22)18-14(2)8-10-26-18/h3-10H,11-12H2,1-2H3. The number of carbonyl (C=O) groups excluding carboxylic acids is 2. The summed E-state index contributed by atoms with van der Waals surface area (Å²) in [6, 6.07) is 11.3. The Labute approximate surface area is 160 Å². The number of rotatable bonds is 6. The molecule has 4 nitrogen and oxygen atoms in total. The zero-order valence-electron chi connectivity index (χ0n) is 14.5. The Morgan fingerprint density at radius 3 is 1.42 bits per heavy atom. The lowest BCUT2D eigenvalue weighted by Crippen LogP contribution is -2.05. The van der Waals surface area contributed by atoms with Crippen LogP contribution in [-0.4, -0.2) is 11.9 Å². The number of hydrogen-bond donors (Lipinski definition) is 0. The van der Waals surface area contributed by atoms with Crippen LogP contribution in [0.4, 0.5) is 0 Å². The Morgan fingerprint density at radius 1 is 0.731 bits per heavy atom. The topological polar surface area (TPSA) is 52.6 Å². The molecule has 0 bridgehead atoms. The lowest BCUT2D eigenvalue weighted by Gasteiger charge is -2.07. The maximum atomic E-state index is 12.0. The first kappa shape index (κ1) is 18.4. The SMILES string of the molecule is Cc1ccsc1C(=O)OCc1ccc(COC(=O)c2sccc2C)cc1. The van der Waals surface area contributed by atoms with E-state index in [1.807, 2.05) is 61.0 Å². The summed E-state index contributed by atoms with van der Waals surface area (Å²) in [6.07, 6.45) is 0. The maximum Gasteiger partial charge on any atom is 0.348 e. The summed E-state index contributed by atoms with van der Waals surface area (Å²) in [5.41, 5.74) is 3.63. The predicted molar refractivity (Wildman–Crippen MR) is 103 cm³/mol. The molecule has 0 aliphatic rings. The van der Waals surface area contributed by atoms with E-state index in [1.165, 1.54) is 22.7 Å². The summed E-state index contributed by atoms with van der Waals surface area (Å²) in [5.74, 6) is -0.608. The Bertz CT molecular complexity index is 831. The van der Waals surface area contributed by atoms with Crippen molar-refractivity contribution < 1.29 is 19.1 Å². The van der Waals surface area contributed by atoms with Crippen LogP contribution in [0.5, 0.6) is 0 Å². The predicted octanol–water partition coefficient (Wildman–Crippen LogP) is 5.14. The lowest BCUT2D eigenvalue weighted by molar-refractivity contribution is 0.0465. The third-order valence-electron chi connectivity index (χ3n) is 3.86. The number of ether oxygens (including phenoxy) is 2. The second-order valence-electron chi connectivity index (χ2n) is 5.83. The molecule has 0 atom stereocenters. The van der Waals surface area contributed by atoms with Crippen molar-refractivity contribution in [2.45, 2.75) is 27.1 Å². The number of esters is 2. The highest BCUT2D eigenvalue weighted by atomic mass is 32.1. The summed E-state index contributed by atoms with van der Waals surface area (Å²) in [4.78, 5) is 25.3. The van der Waals surface area contributed by atoms with Crippen molar-refractivity contribution in [3.05, 3.63) is 79.2 Å². The molecular formula is C20H18O4S2. The van der Waals surface area contributed by atoms with Gasteiger partial charge in [0.15, 0.2) is 0 Å². The van der Waals surface area contributed by atoms with E-state index in [-0.39, 0.29) is 25.2 Å². The molecule has 0 N–H and O–H groups in total. The van der Waals surface area contributed by atoms with Gasteiger partial charge in [0.05, 0.1) is 0 Å². The van der Waals surface area contributed by atoms with Gasteiger partial charge in [0.1, 0.15) is 23.0 Å². The molecule has 0 saturated carbocycles. The van der Waals surface area contributed by atoms with Crippen molar-refractivity contribution >= 4 is 34.6 Å². The molecule has 0 fully saturated rings. The minimum absolute atomic E-state index is 0.213. The normalized spacial score (nSPS) is 10.5. The third-order valence-corrected chi connectivity index (χ3v) is 5.85. The van der Waals surface area contributed by atoms with E-state index in [0.29, 0.717) is 9.75 Å². The first-order valence-electron chi connectivity index (χ1n) is 8.05. The monoisotopic (exact) mass is 386 g/mol. The van der Waals surface area contributed by atoms with Gasteiger partial charge in [0, 0.05) is 0 Å². The van der Waals surface area contributed by atoms with E-state index in [2.05, 4.69) is 0 Å². The molecule has 0 saturated heterocycles. The van der Waals surface area contributed by atoms with Crippen molar-refractivity contribution in [1.29, 1.82) is 0 Å². The van der Waals surface area contributed by atoms with Crippen LogP contribution in [0.1, 0.15) is 41.6 Å². The quantitative estimate of drug-likeness (QED) is 0.551. The molecule has 3 rings (SSSR count). The minimum atomic E-state index is -0.304. The molecule has 0 unspecified atom stereocenters. The first-order chi connectivity index (χ1) is 12.5. The van der Waals surface area contributed by atoms with Gasteiger partial charge in [0.2, 0.25) is 0 Å². The second-order valence-corrected chi connectivity index (χ2v) is 7.67. The average molecular weight is 386 g/mol. The van der Waals surface area contributed by atoms with Crippen LogP contribution < -0.4 is 0 Å². The fraction of sp³-hybridized carbons (Fsp3) is 0.200. The van der Waals surface area contributed by atoms with E-state index >= 15 is 0 Å². The number of hydrogen-bond acceptors (Lipinski definition) is 6. The highest BCUT2D eigenvalue weighted by molar-refractivity contribution is 7.12. The fourth-order valence-electron chi connectivity index (χ4n) is 2.32. The summed E-state index contributed by atoms with van der Waals surface area (Å²) >= 11 is 2.76. The van der Waals surface area contributed by atoms with Gasteiger partial charge in [-0.05, 0) is 59.0 Å². The Balaban J connectivity index is 1.50. The molecule has 134 valence electrons. The number of carbonyl (C=O) groups is 2. The Kier molecular flexibility index (Phi) is 5.85.